The van der Waals surface area contributed by atoms with E-state index in [1.165, 1.54) is 25.7 Å². The third kappa shape index (κ3) is 16.1. The van der Waals surface area contributed by atoms with Crippen LogP contribution in [0.1, 0.15) is 146 Å². The largest absolute Gasteiger partial charge is 1.00 e. The van der Waals surface area contributed by atoms with Crippen molar-refractivity contribution in [3.8, 4) is 0 Å². The molecule has 0 aromatic heterocycles. The Morgan fingerprint density at radius 1 is 0.774 bits per heavy atom. The van der Waals surface area contributed by atoms with E-state index in [0.717, 1.165) is 55.7 Å². The number of carbonyl (C=O) groups is 2. The Hall–Kier alpha value is -1.67. The van der Waals surface area contributed by atoms with Gasteiger partial charge in [0, 0.05) is 33.1 Å². The summed E-state index contributed by atoms with van der Waals surface area (Å²) >= 11 is 0. The molecule has 2 aliphatic carbocycles. The number of hydrogen-bond acceptors (Lipinski definition) is 7. The predicted molar refractivity (Wildman–Crippen MR) is 217 cm³/mol. The van der Waals surface area contributed by atoms with Gasteiger partial charge in [-0.05, 0) is 130 Å². The van der Waals surface area contributed by atoms with Gasteiger partial charge in [-0.15, -0.1) is 4.72 Å². The van der Waals surface area contributed by atoms with E-state index >= 15 is 0 Å². The van der Waals surface area contributed by atoms with Crippen molar-refractivity contribution in [2.45, 2.75) is 122 Å². The van der Waals surface area contributed by atoms with Crippen LogP contribution in [0.3, 0.4) is 0 Å². The first-order valence-electron chi connectivity index (χ1n) is 18.6. The number of benzene rings is 2. The summed E-state index contributed by atoms with van der Waals surface area (Å²) in [6.07, 6.45) is 9.47. The van der Waals surface area contributed by atoms with E-state index in [1.54, 1.807) is 38.1 Å². The van der Waals surface area contributed by atoms with Crippen LogP contribution in [0.15, 0.2) is 52.9 Å². The second kappa shape index (κ2) is 24.1. The minimum atomic E-state index is -1.67. The Morgan fingerprint density at radius 3 is 1.57 bits per heavy atom. The molecule has 5 rings (SSSR count). The molecule has 1 N–H and O–H groups in total. The summed E-state index contributed by atoms with van der Waals surface area (Å²) in [5.74, 6) is 0.282. The van der Waals surface area contributed by atoms with Gasteiger partial charge in [-0.1, -0.05) is 49.9 Å². The summed E-state index contributed by atoms with van der Waals surface area (Å²) in [6, 6.07) is 14.9. The molecule has 1 heterocycles. The molecule has 2 saturated carbocycles. The molecule has 3 aliphatic rings. The van der Waals surface area contributed by atoms with E-state index in [4.69, 9.17) is 14.2 Å². The monoisotopic (exact) mass is 781 g/mol. The van der Waals surface area contributed by atoms with Gasteiger partial charge in [0.2, 0.25) is 0 Å². The average Bonchev–Trinajstić information content (AvgIpc) is 3.63. The molecule has 0 spiro atoms. The molecule has 2 aromatic rings. The van der Waals surface area contributed by atoms with Crippen LogP contribution in [-0.4, -0.2) is 62.0 Å². The van der Waals surface area contributed by atoms with E-state index in [1.807, 2.05) is 65.8 Å². The van der Waals surface area contributed by atoms with Crippen molar-refractivity contribution in [1.29, 1.82) is 0 Å². The molecule has 1 saturated heterocycles. The van der Waals surface area contributed by atoms with Gasteiger partial charge in [-0.3, -0.25) is 0 Å². The number of hydrogen-bond donors (Lipinski definition) is 1. The molecule has 3 radical (unpaired) electrons. The topological polar surface area (TPSA) is 120 Å². The fourth-order valence-corrected chi connectivity index (χ4v) is 7.17. The Bertz CT molecular complexity index is 1480. The summed E-state index contributed by atoms with van der Waals surface area (Å²) in [6.45, 7) is 18.1. The van der Waals surface area contributed by atoms with E-state index in [2.05, 4.69) is 9.12 Å². The molecule has 0 amide bonds. The first kappa shape index (κ1) is 49.4. The van der Waals surface area contributed by atoms with Gasteiger partial charge in [0.1, 0.15) is 26.2 Å². The van der Waals surface area contributed by atoms with Crippen molar-refractivity contribution >= 4 is 48.0 Å². The first-order valence-corrected chi connectivity index (χ1v) is 21.0. The minimum Gasteiger partial charge on any atom is -1.00 e. The maximum atomic E-state index is 12.5. The van der Waals surface area contributed by atoms with Crippen molar-refractivity contribution in [3.63, 3.8) is 0 Å². The first-order chi connectivity index (χ1) is 24.1. The smallest absolute Gasteiger partial charge is 1.00 e. The minimum absolute atomic E-state index is 0. The molecule has 53 heavy (non-hydrogen) atoms. The third-order valence-electron chi connectivity index (χ3n) is 9.05. The van der Waals surface area contributed by atoms with Crippen LogP contribution < -0.4 is 34.3 Å². The van der Waals surface area contributed by atoms with Crippen LogP contribution in [0.5, 0.6) is 0 Å². The Balaban J connectivity index is 0.000000875. The Morgan fingerprint density at radius 2 is 1.23 bits per heavy atom. The van der Waals surface area contributed by atoms with Gasteiger partial charge in [0.25, 0.3) is 0 Å². The normalized spacial score (nSPS) is 17.7. The number of ether oxygens (including phenoxy) is 3. The molecule has 3 atom stereocenters. The van der Waals surface area contributed by atoms with Crippen LogP contribution in [0.25, 0.3) is 0 Å². The summed E-state index contributed by atoms with van der Waals surface area (Å²) < 4.78 is 47.2. The molecule has 2 aromatic carbocycles. The number of nitrogens with one attached hydrogen (secondary N) is 1. The van der Waals surface area contributed by atoms with Crippen molar-refractivity contribution < 1.29 is 63.2 Å². The van der Waals surface area contributed by atoms with Gasteiger partial charge >= 0.3 is 41.5 Å². The molecule has 9 nitrogen and oxygen atoms in total. The zero-order valence-corrected chi connectivity index (χ0v) is 37.4. The molecule has 1 aliphatic heterocycles. The Labute approximate surface area is 349 Å². The standard InChI is InChI=1S/C18H27NO3S.C18H25NO3S.C4H8O.B.Na.H/c2*1-5-22-17(20)15-11-9-14(10-12-15)16(13-7-6-8-13)19-23(21)18(2,3)4;1-2-4-5-3-1;;;/h9-13,16H,5-8H2,1-4H3,(H,19,21);9-13H,5-8H2,1-4H3;1-4H2;;;/q;;;;+1;-1/p+2. The summed E-state index contributed by atoms with van der Waals surface area (Å²) in [5.41, 5.74) is 4.06. The van der Waals surface area contributed by atoms with Crippen LogP contribution in [-0.2, 0) is 44.6 Å². The number of carbonyl (C=O) groups excluding carboxylic acids is 2. The van der Waals surface area contributed by atoms with Crippen LogP contribution in [0.2, 0.25) is 0 Å². The molecule has 3 unspecified atom stereocenters. The van der Waals surface area contributed by atoms with Gasteiger partial charge in [0.05, 0.1) is 30.4 Å². The van der Waals surface area contributed by atoms with Crippen LogP contribution >= 0.6 is 0 Å². The molecule has 13 heteroatoms. The summed E-state index contributed by atoms with van der Waals surface area (Å²) in [7, 11) is -3.17. The quantitative estimate of drug-likeness (QED) is 0.111. The van der Waals surface area contributed by atoms with Crippen LogP contribution in [0, 0.1) is 11.8 Å². The number of nitrogens with zero attached hydrogens (tertiary/aromatic N) is 1. The summed E-state index contributed by atoms with van der Waals surface area (Å²) in [5, 5.41) is 0. The van der Waals surface area contributed by atoms with Gasteiger partial charge < -0.3 is 15.6 Å². The van der Waals surface area contributed by atoms with Crippen LogP contribution in [0.4, 0.5) is 0 Å². The Kier molecular flexibility index (Phi) is 22.4. The van der Waals surface area contributed by atoms with E-state index in [-0.39, 0.29) is 66.9 Å². The average molecular weight is 782 g/mol. The fourth-order valence-electron chi connectivity index (χ4n) is 5.39. The molecule has 0 bridgehead atoms. The maximum absolute atomic E-state index is 12.5. The molecule has 289 valence electrons. The van der Waals surface area contributed by atoms with Gasteiger partial charge in [-0.25, -0.2) is 9.59 Å². The summed E-state index contributed by atoms with van der Waals surface area (Å²) in [4.78, 5) is 23.5. The second-order valence-corrected chi connectivity index (χ2v) is 19.6. The zero-order valence-electron chi connectivity index (χ0n) is 34.6. The number of esters is 2. The third-order valence-corrected chi connectivity index (χ3v) is 12.3. The second-order valence-electron chi connectivity index (χ2n) is 15.3. The maximum Gasteiger partial charge on any atom is 1.00 e. The fraction of sp³-hybridized carbons (Fsp3) is 0.625. The number of rotatable bonds is 11. The molecule has 3 fully saturated rings. The predicted octanol–water partition coefficient (Wildman–Crippen LogP) is 5.10. The number of thiol groups is 2. The zero-order chi connectivity index (χ0) is 37.6. The van der Waals surface area contributed by atoms with Crippen molar-refractivity contribution in [2.75, 3.05) is 26.4 Å². The molecular formula is C40H63BN2NaO7S2+2. The van der Waals surface area contributed by atoms with E-state index in [9.17, 15) is 18.0 Å². The van der Waals surface area contributed by atoms with Crippen molar-refractivity contribution in [2.24, 2.45) is 16.2 Å². The SMILES string of the molecule is C1CCOC1.CCOC(=O)c1ccc(C(=N[SH+](=O)C(C)(C)C)C2CCC2)cc1.CCOC(=O)c1ccc(C(N[SH+](=O)C(C)(C)C)C2CCC2)cc1.[B].[H-].[Na+]. The molecular weight excluding hydrogens is 718 g/mol. The van der Waals surface area contributed by atoms with Crippen molar-refractivity contribution in [1.82, 2.24) is 4.72 Å². The van der Waals surface area contributed by atoms with Gasteiger partial charge in [-0.2, -0.15) is 0 Å². The van der Waals surface area contributed by atoms with Gasteiger partial charge in [0.15, 0.2) is 11.0 Å². The van der Waals surface area contributed by atoms with E-state index < -0.39 is 22.0 Å². The van der Waals surface area contributed by atoms with Crippen molar-refractivity contribution in [3.05, 3.63) is 70.8 Å². The van der Waals surface area contributed by atoms with E-state index in [0.29, 0.717) is 36.2 Å².